The predicted molar refractivity (Wildman–Crippen MR) is 101 cm³/mol. The van der Waals surface area contributed by atoms with Crippen LogP contribution in [0.2, 0.25) is 0 Å². The van der Waals surface area contributed by atoms with Crippen LogP contribution in [0.25, 0.3) is 11.5 Å². The molecule has 0 bridgehead atoms. The van der Waals surface area contributed by atoms with Crippen molar-refractivity contribution in [1.29, 1.82) is 0 Å². The summed E-state index contributed by atoms with van der Waals surface area (Å²) >= 11 is 0. The number of nitrogens with zero attached hydrogens (tertiary/aromatic N) is 3. The molecule has 2 N–H and O–H groups in total. The molecule has 0 spiro atoms. The number of aliphatic hydroxyl groups is 1. The molecular formula is C19H20N4O6. The number of ether oxygens (including phenoxy) is 1. The van der Waals surface area contributed by atoms with Gasteiger partial charge in [0.05, 0.1) is 11.0 Å². The van der Waals surface area contributed by atoms with E-state index in [-0.39, 0.29) is 23.2 Å². The number of esters is 1. The van der Waals surface area contributed by atoms with E-state index < -0.39 is 23.1 Å². The zero-order valence-electron chi connectivity index (χ0n) is 16.3. The number of nitro benzene ring substituents is 1. The number of hydrogen-bond donors (Lipinski definition) is 2. The molecule has 0 unspecified atom stereocenters. The Morgan fingerprint density at radius 1 is 1.24 bits per heavy atom. The molecule has 0 aliphatic rings. The lowest BCUT2D eigenvalue weighted by Crippen LogP contribution is -2.11. The summed E-state index contributed by atoms with van der Waals surface area (Å²) in [4.78, 5) is 25.7. The molecule has 10 nitrogen and oxygen atoms in total. The smallest absolute Gasteiger partial charge is 0.355 e. The van der Waals surface area contributed by atoms with E-state index in [9.17, 15) is 20.0 Å². The Bertz CT molecular complexity index is 1050. The normalized spacial score (nSPS) is 13.1. The van der Waals surface area contributed by atoms with Crippen LogP contribution in [0.5, 0.6) is 0 Å². The highest BCUT2D eigenvalue weighted by molar-refractivity contribution is 5.90. The second-order valence-corrected chi connectivity index (χ2v) is 6.64. The average Bonchev–Trinajstić information content (AvgIpc) is 3.26. The van der Waals surface area contributed by atoms with Crippen molar-refractivity contribution in [1.82, 2.24) is 15.2 Å². The van der Waals surface area contributed by atoms with E-state index in [1.54, 1.807) is 27.7 Å². The van der Waals surface area contributed by atoms with Gasteiger partial charge in [-0.15, -0.1) is 10.2 Å². The number of H-pyrrole nitrogens is 1. The average molecular weight is 400 g/mol. The number of carbonyl (C=O) groups excluding carboxylic acids is 1. The van der Waals surface area contributed by atoms with Gasteiger partial charge in [-0.3, -0.25) is 10.1 Å². The zero-order chi connectivity index (χ0) is 21.3. The lowest BCUT2D eigenvalue weighted by Gasteiger charge is -2.09. The van der Waals surface area contributed by atoms with Crippen LogP contribution in [0.4, 0.5) is 5.69 Å². The number of rotatable bonds is 6. The van der Waals surface area contributed by atoms with Crippen molar-refractivity contribution in [3.8, 4) is 11.5 Å². The number of nitrogens with one attached hydrogen (secondary N) is 1. The van der Waals surface area contributed by atoms with Gasteiger partial charge < -0.3 is 19.2 Å². The van der Waals surface area contributed by atoms with Gasteiger partial charge in [0.1, 0.15) is 5.69 Å². The fraction of sp³-hybridized carbons (Fsp3) is 0.316. The number of aliphatic hydroxyl groups excluding tert-OH is 1. The molecule has 2 heterocycles. The first kappa shape index (κ1) is 20.2. The molecule has 3 rings (SSSR count). The first-order valence-corrected chi connectivity index (χ1v) is 8.85. The summed E-state index contributed by atoms with van der Waals surface area (Å²) < 4.78 is 11.0. The summed E-state index contributed by atoms with van der Waals surface area (Å²) in [5.74, 6) is -0.371. The van der Waals surface area contributed by atoms with Crippen LogP contribution in [0.15, 0.2) is 28.7 Å². The number of nitro groups is 1. The number of aromatic nitrogens is 3. The standard InChI is InChI=1S/C19H20N4O6/c1-9-15(11(3)24)10(2)20-16(9)19(25)28-12(4)17-21-22-18(29-17)13-5-7-14(8-6-13)23(26)27/h5-8,11-12,20,24H,1-4H3/t11-,12+/m0/s1. The molecule has 10 heteroatoms. The SMILES string of the molecule is Cc1[nH]c(C(=O)O[C@H](C)c2nnc(-c3ccc([N+](=O)[O-])cc3)o2)c(C)c1[C@H](C)O. The third kappa shape index (κ3) is 4.02. The number of aromatic amines is 1. The van der Waals surface area contributed by atoms with Gasteiger partial charge in [-0.2, -0.15) is 0 Å². The van der Waals surface area contributed by atoms with Crippen molar-refractivity contribution in [2.45, 2.75) is 39.9 Å². The van der Waals surface area contributed by atoms with E-state index in [4.69, 9.17) is 9.15 Å². The van der Waals surface area contributed by atoms with E-state index in [1.807, 2.05) is 0 Å². The monoisotopic (exact) mass is 400 g/mol. The molecule has 29 heavy (non-hydrogen) atoms. The molecule has 1 aromatic carbocycles. The minimum absolute atomic E-state index is 0.0519. The molecule has 0 fully saturated rings. The van der Waals surface area contributed by atoms with E-state index >= 15 is 0 Å². The summed E-state index contributed by atoms with van der Waals surface area (Å²) in [6.07, 6.45) is -1.54. The first-order valence-electron chi connectivity index (χ1n) is 8.85. The molecular weight excluding hydrogens is 380 g/mol. The van der Waals surface area contributed by atoms with Crippen LogP contribution in [-0.4, -0.2) is 31.2 Å². The van der Waals surface area contributed by atoms with Gasteiger partial charge in [0.15, 0.2) is 6.10 Å². The zero-order valence-corrected chi connectivity index (χ0v) is 16.3. The van der Waals surface area contributed by atoms with E-state index in [1.165, 1.54) is 24.3 Å². The summed E-state index contributed by atoms with van der Waals surface area (Å²) in [6.45, 7) is 6.71. The maximum atomic E-state index is 12.5. The van der Waals surface area contributed by atoms with Crippen molar-refractivity contribution in [3.63, 3.8) is 0 Å². The highest BCUT2D eigenvalue weighted by Gasteiger charge is 2.25. The van der Waals surface area contributed by atoms with Gasteiger partial charge in [-0.1, -0.05) is 0 Å². The predicted octanol–water partition coefficient (Wildman–Crippen LogP) is 3.56. The molecule has 2 aromatic heterocycles. The van der Waals surface area contributed by atoms with Gasteiger partial charge in [0.25, 0.3) is 11.6 Å². The third-order valence-electron chi connectivity index (χ3n) is 4.51. The Morgan fingerprint density at radius 3 is 2.45 bits per heavy atom. The van der Waals surface area contributed by atoms with Gasteiger partial charge in [-0.05, 0) is 45.4 Å². The van der Waals surface area contributed by atoms with Gasteiger partial charge in [-0.25, -0.2) is 4.79 Å². The van der Waals surface area contributed by atoms with Crippen molar-refractivity contribution in [2.24, 2.45) is 0 Å². The lowest BCUT2D eigenvalue weighted by molar-refractivity contribution is -0.384. The van der Waals surface area contributed by atoms with Crippen LogP contribution in [-0.2, 0) is 4.74 Å². The molecule has 0 aliphatic heterocycles. The fourth-order valence-corrected chi connectivity index (χ4v) is 3.11. The summed E-state index contributed by atoms with van der Waals surface area (Å²) in [6, 6.07) is 5.65. The minimum atomic E-state index is -0.820. The molecule has 3 aromatic rings. The largest absolute Gasteiger partial charge is 0.448 e. The summed E-state index contributed by atoms with van der Waals surface area (Å²) in [7, 11) is 0. The van der Waals surface area contributed by atoms with Crippen LogP contribution < -0.4 is 0 Å². The third-order valence-corrected chi connectivity index (χ3v) is 4.51. The van der Waals surface area contributed by atoms with Crippen molar-refractivity contribution in [2.75, 3.05) is 0 Å². The number of hydrogen-bond acceptors (Lipinski definition) is 8. The molecule has 0 aliphatic carbocycles. The Labute approximate surface area is 165 Å². The molecule has 0 radical (unpaired) electrons. The molecule has 0 saturated heterocycles. The molecule has 152 valence electrons. The highest BCUT2D eigenvalue weighted by Crippen LogP contribution is 2.28. The van der Waals surface area contributed by atoms with Gasteiger partial charge in [0, 0.05) is 29.0 Å². The number of aryl methyl sites for hydroxylation is 1. The number of carbonyl (C=O) groups is 1. The van der Waals surface area contributed by atoms with Crippen LogP contribution in [0.3, 0.4) is 0 Å². The number of non-ortho nitro benzene ring substituents is 1. The Morgan fingerprint density at radius 2 is 1.90 bits per heavy atom. The van der Waals surface area contributed by atoms with Gasteiger partial charge in [0.2, 0.25) is 5.89 Å². The van der Waals surface area contributed by atoms with Crippen LogP contribution in [0.1, 0.15) is 59.3 Å². The van der Waals surface area contributed by atoms with Crippen molar-refractivity contribution >= 4 is 11.7 Å². The van der Waals surface area contributed by atoms with E-state index in [0.717, 1.165) is 0 Å². The van der Waals surface area contributed by atoms with Gasteiger partial charge >= 0.3 is 5.97 Å². The summed E-state index contributed by atoms with van der Waals surface area (Å²) in [5.41, 5.74) is 2.67. The maximum Gasteiger partial charge on any atom is 0.355 e. The lowest BCUT2D eigenvalue weighted by atomic mass is 10.1. The Kier molecular flexibility index (Phi) is 5.46. The van der Waals surface area contributed by atoms with E-state index in [0.29, 0.717) is 22.4 Å². The Balaban J connectivity index is 1.75. The maximum absolute atomic E-state index is 12.5. The number of benzene rings is 1. The fourth-order valence-electron chi connectivity index (χ4n) is 3.11. The van der Waals surface area contributed by atoms with Crippen LogP contribution >= 0.6 is 0 Å². The highest BCUT2D eigenvalue weighted by atomic mass is 16.6. The second kappa shape index (κ2) is 7.84. The van der Waals surface area contributed by atoms with Crippen LogP contribution in [0, 0.1) is 24.0 Å². The van der Waals surface area contributed by atoms with E-state index in [2.05, 4.69) is 15.2 Å². The Hall–Kier alpha value is -3.53. The molecule has 2 atom stereocenters. The first-order chi connectivity index (χ1) is 13.7. The minimum Gasteiger partial charge on any atom is -0.448 e. The summed E-state index contributed by atoms with van der Waals surface area (Å²) in [5, 5.41) is 28.4. The second-order valence-electron chi connectivity index (χ2n) is 6.64. The topological polar surface area (TPSA) is 144 Å². The van der Waals surface area contributed by atoms with Crippen molar-refractivity contribution in [3.05, 3.63) is 62.8 Å². The molecule has 0 amide bonds. The molecule has 0 saturated carbocycles. The van der Waals surface area contributed by atoms with Crippen molar-refractivity contribution < 1.29 is 24.0 Å². The quantitative estimate of drug-likeness (QED) is 0.363.